The number of aromatic nitrogens is 3. The maximum atomic E-state index is 13.3. The second-order valence-corrected chi connectivity index (χ2v) is 6.97. The lowest BCUT2D eigenvalue weighted by Crippen LogP contribution is -2.31. The minimum Gasteiger partial charge on any atom is -0.492 e. The molecule has 138 valence electrons. The Morgan fingerprint density at radius 1 is 1.33 bits per heavy atom. The minimum atomic E-state index is -0.331. The molecule has 27 heavy (non-hydrogen) atoms. The number of benzene rings is 1. The van der Waals surface area contributed by atoms with Gasteiger partial charge in [0.05, 0.1) is 17.9 Å². The second-order valence-electron chi connectivity index (χ2n) is 5.99. The minimum absolute atomic E-state index is 0.202. The van der Waals surface area contributed by atoms with Crippen molar-refractivity contribution in [1.82, 2.24) is 14.8 Å². The van der Waals surface area contributed by atoms with Gasteiger partial charge in [0.25, 0.3) is 5.91 Å². The molecule has 4 rings (SSSR count). The fourth-order valence-corrected chi connectivity index (χ4v) is 3.95. The molecule has 2 N–H and O–H groups in total. The molecule has 8 heteroatoms. The Hall–Kier alpha value is -3.13. The van der Waals surface area contributed by atoms with E-state index in [0.29, 0.717) is 29.6 Å². The van der Waals surface area contributed by atoms with Crippen molar-refractivity contribution in [3.63, 3.8) is 0 Å². The quantitative estimate of drug-likeness (QED) is 0.705. The highest BCUT2D eigenvalue weighted by Gasteiger charge is 2.34. The first-order valence-corrected chi connectivity index (χ1v) is 9.51. The van der Waals surface area contributed by atoms with Crippen LogP contribution in [0.1, 0.15) is 24.8 Å². The van der Waals surface area contributed by atoms with Crippen molar-refractivity contribution < 1.29 is 9.53 Å². The average Bonchev–Trinajstić information content (AvgIpc) is 3.33. The van der Waals surface area contributed by atoms with Crippen molar-refractivity contribution in [2.45, 2.75) is 19.9 Å². The third-order valence-corrected chi connectivity index (χ3v) is 5.21. The van der Waals surface area contributed by atoms with Gasteiger partial charge < -0.3 is 15.4 Å². The molecule has 1 aliphatic heterocycles. The Balaban J connectivity index is 1.72. The number of hydrogen-bond acceptors (Lipinski definition) is 6. The highest BCUT2D eigenvalue weighted by molar-refractivity contribution is 7.10. The van der Waals surface area contributed by atoms with Gasteiger partial charge in [-0.15, -0.1) is 11.3 Å². The molecule has 0 unspecified atom stereocenters. The van der Waals surface area contributed by atoms with Gasteiger partial charge >= 0.3 is 0 Å². The third-order valence-electron chi connectivity index (χ3n) is 4.29. The number of nitrogens with one attached hydrogen (secondary N) is 2. The molecule has 1 aromatic carbocycles. The number of nitrogens with zero attached hydrogens (tertiary/aromatic N) is 3. The van der Waals surface area contributed by atoms with E-state index in [1.807, 2.05) is 55.6 Å². The molecule has 1 atom stereocenters. The number of rotatable bonds is 5. The highest BCUT2D eigenvalue weighted by atomic mass is 32.1. The van der Waals surface area contributed by atoms with E-state index in [2.05, 4.69) is 20.7 Å². The van der Waals surface area contributed by atoms with Gasteiger partial charge in [-0.3, -0.25) is 4.79 Å². The Morgan fingerprint density at radius 2 is 2.19 bits per heavy atom. The van der Waals surface area contributed by atoms with Crippen LogP contribution < -0.4 is 15.4 Å². The lowest BCUT2D eigenvalue weighted by molar-refractivity contribution is -0.113. The molecule has 0 bridgehead atoms. The Bertz CT molecular complexity index is 993. The normalized spacial score (nSPS) is 15.9. The van der Waals surface area contributed by atoms with Crippen LogP contribution in [0.25, 0.3) is 0 Å². The van der Waals surface area contributed by atoms with E-state index in [4.69, 9.17) is 4.74 Å². The van der Waals surface area contributed by atoms with E-state index >= 15 is 0 Å². The number of para-hydroxylation sites is 2. The maximum absolute atomic E-state index is 13.3. The zero-order valence-electron chi connectivity index (χ0n) is 15.0. The summed E-state index contributed by atoms with van der Waals surface area (Å²) in [5.74, 6) is 1.06. The molecule has 3 aromatic rings. The molecule has 0 spiro atoms. The van der Waals surface area contributed by atoms with Gasteiger partial charge in [-0.05, 0) is 37.4 Å². The van der Waals surface area contributed by atoms with Gasteiger partial charge in [-0.1, -0.05) is 18.2 Å². The number of hydrogen-bond donors (Lipinski definition) is 2. The third kappa shape index (κ3) is 3.19. The summed E-state index contributed by atoms with van der Waals surface area (Å²) in [6.07, 6.45) is 1.49. The van der Waals surface area contributed by atoms with Gasteiger partial charge in [0.15, 0.2) is 0 Å². The molecular weight excluding hydrogens is 362 g/mol. The summed E-state index contributed by atoms with van der Waals surface area (Å²) in [5, 5.41) is 12.5. The summed E-state index contributed by atoms with van der Waals surface area (Å²) in [6.45, 7) is 4.31. The summed E-state index contributed by atoms with van der Waals surface area (Å²) in [4.78, 5) is 18.5. The van der Waals surface area contributed by atoms with Crippen molar-refractivity contribution in [2.24, 2.45) is 0 Å². The molecule has 1 amide bonds. The van der Waals surface area contributed by atoms with Crippen molar-refractivity contribution >= 4 is 28.9 Å². The molecule has 0 saturated carbocycles. The molecular formula is C19H19N5O2S. The van der Waals surface area contributed by atoms with E-state index in [1.54, 1.807) is 16.0 Å². The van der Waals surface area contributed by atoms with Crippen LogP contribution in [0, 0.1) is 0 Å². The van der Waals surface area contributed by atoms with Crippen LogP contribution in [0.5, 0.6) is 5.75 Å². The van der Waals surface area contributed by atoms with Crippen molar-refractivity contribution in [3.05, 3.63) is 64.3 Å². The Morgan fingerprint density at radius 3 is 2.96 bits per heavy atom. The SMILES string of the molecule is CCOc1ccccc1NC(=O)C1=C(C)Nc2ncnn2[C@@H]1c1cccs1. The zero-order valence-corrected chi connectivity index (χ0v) is 15.8. The van der Waals surface area contributed by atoms with E-state index in [0.717, 1.165) is 10.6 Å². The Kier molecular flexibility index (Phi) is 4.64. The highest BCUT2D eigenvalue weighted by Crippen LogP contribution is 2.37. The zero-order chi connectivity index (χ0) is 18.8. The molecule has 3 heterocycles. The summed E-state index contributed by atoms with van der Waals surface area (Å²) >= 11 is 1.58. The molecule has 7 nitrogen and oxygen atoms in total. The fourth-order valence-electron chi connectivity index (χ4n) is 3.14. The first-order chi connectivity index (χ1) is 13.2. The molecule has 0 saturated heterocycles. The predicted molar refractivity (Wildman–Crippen MR) is 105 cm³/mol. The molecule has 0 aliphatic carbocycles. The van der Waals surface area contributed by atoms with E-state index in [1.165, 1.54) is 6.33 Å². The van der Waals surface area contributed by atoms with Crippen molar-refractivity contribution in [3.8, 4) is 5.75 Å². The molecule has 0 fully saturated rings. The van der Waals surface area contributed by atoms with Crippen LogP contribution >= 0.6 is 11.3 Å². The number of allylic oxidation sites excluding steroid dienone is 1. The first-order valence-electron chi connectivity index (χ1n) is 8.63. The lowest BCUT2D eigenvalue weighted by atomic mass is 10.0. The van der Waals surface area contributed by atoms with Gasteiger partial charge in [-0.2, -0.15) is 10.1 Å². The van der Waals surface area contributed by atoms with Crippen LogP contribution in [-0.2, 0) is 4.79 Å². The van der Waals surface area contributed by atoms with Crippen LogP contribution in [0.15, 0.2) is 59.4 Å². The maximum Gasteiger partial charge on any atom is 0.256 e. The largest absolute Gasteiger partial charge is 0.492 e. The van der Waals surface area contributed by atoms with Gasteiger partial charge in [0.1, 0.15) is 18.1 Å². The van der Waals surface area contributed by atoms with E-state index in [-0.39, 0.29) is 11.9 Å². The smallest absolute Gasteiger partial charge is 0.256 e. The summed E-state index contributed by atoms with van der Waals surface area (Å²) in [5.41, 5.74) is 1.99. The number of amides is 1. The number of carbonyl (C=O) groups excluding carboxylic acids is 1. The van der Waals surface area contributed by atoms with Gasteiger partial charge in [-0.25, -0.2) is 4.68 Å². The van der Waals surface area contributed by atoms with Crippen molar-refractivity contribution in [1.29, 1.82) is 0 Å². The summed E-state index contributed by atoms with van der Waals surface area (Å²) in [6, 6.07) is 11.0. The van der Waals surface area contributed by atoms with Crippen LogP contribution in [0.3, 0.4) is 0 Å². The number of carbonyl (C=O) groups is 1. The van der Waals surface area contributed by atoms with Gasteiger partial charge in [0, 0.05) is 10.6 Å². The second kappa shape index (κ2) is 7.24. The number of thiophene rings is 1. The Labute approximate surface area is 160 Å². The fraction of sp³-hybridized carbons (Fsp3) is 0.211. The van der Waals surface area contributed by atoms with Crippen LogP contribution in [0.4, 0.5) is 11.6 Å². The first kappa shape index (κ1) is 17.3. The lowest BCUT2D eigenvalue weighted by Gasteiger charge is -2.27. The van der Waals surface area contributed by atoms with Crippen LogP contribution in [0.2, 0.25) is 0 Å². The molecule has 1 aliphatic rings. The van der Waals surface area contributed by atoms with Gasteiger partial charge in [0.2, 0.25) is 5.95 Å². The standard InChI is InChI=1S/C19H19N5O2S/c1-3-26-14-8-5-4-7-13(14)23-18(25)16-12(2)22-19-20-11-21-24(19)17(16)15-9-6-10-27-15/h4-11,17H,3H2,1-2H3,(H,23,25)(H,20,21,22)/t17-/m1/s1. The molecule has 2 aromatic heterocycles. The summed E-state index contributed by atoms with van der Waals surface area (Å²) in [7, 11) is 0. The summed E-state index contributed by atoms with van der Waals surface area (Å²) < 4.78 is 7.36. The topological polar surface area (TPSA) is 81.1 Å². The average molecular weight is 381 g/mol. The van der Waals surface area contributed by atoms with E-state index < -0.39 is 0 Å². The number of ether oxygens (including phenoxy) is 1. The monoisotopic (exact) mass is 381 g/mol. The predicted octanol–water partition coefficient (Wildman–Crippen LogP) is 3.67. The van der Waals surface area contributed by atoms with Crippen molar-refractivity contribution in [2.75, 3.05) is 17.2 Å². The number of fused-ring (bicyclic) bond motifs is 1. The number of anilines is 2. The van der Waals surface area contributed by atoms with Crippen LogP contribution in [-0.4, -0.2) is 27.3 Å². The molecule has 0 radical (unpaired) electrons. The van der Waals surface area contributed by atoms with E-state index in [9.17, 15) is 4.79 Å².